The first-order valence-corrected chi connectivity index (χ1v) is 7.00. The van der Waals surface area contributed by atoms with Crippen molar-refractivity contribution in [1.82, 2.24) is 0 Å². The van der Waals surface area contributed by atoms with Crippen LogP contribution >= 0.6 is 11.6 Å². The quantitative estimate of drug-likeness (QED) is 0.656. The zero-order chi connectivity index (χ0) is 10.7. The van der Waals surface area contributed by atoms with Gasteiger partial charge in [-0.3, -0.25) is 0 Å². The van der Waals surface area contributed by atoms with Gasteiger partial charge in [0, 0.05) is 5.38 Å². The van der Waals surface area contributed by atoms with E-state index in [9.17, 15) is 0 Å². The highest BCUT2D eigenvalue weighted by molar-refractivity contribution is 6.20. The molecule has 1 aliphatic heterocycles. The van der Waals surface area contributed by atoms with Crippen molar-refractivity contribution in [1.29, 1.82) is 0 Å². The van der Waals surface area contributed by atoms with Crippen LogP contribution in [0.3, 0.4) is 0 Å². The number of alkyl halides is 1. The molecule has 1 heterocycles. The van der Waals surface area contributed by atoms with Crippen LogP contribution in [0.1, 0.15) is 64.7 Å². The number of halogens is 1. The lowest BCUT2D eigenvalue weighted by Crippen LogP contribution is -2.25. The van der Waals surface area contributed by atoms with Crippen LogP contribution in [0.2, 0.25) is 0 Å². The largest absolute Gasteiger partial charge is 0.372 e. The fourth-order valence-electron chi connectivity index (χ4n) is 3.06. The van der Waals surface area contributed by atoms with Gasteiger partial charge >= 0.3 is 0 Å². The van der Waals surface area contributed by atoms with E-state index in [0.717, 1.165) is 12.8 Å². The first-order valence-electron chi connectivity index (χ1n) is 6.56. The molecule has 0 aromatic rings. The van der Waals surface area contributed by atoms with Crippen molar-refractivity contribution in [2.75, 3.05) is 0 Å². The Labute approximate surface area is 98.5 Å². The van der Waals surface area contributed by atoms with Gasteiger partial charge in [0.15, 0.2) is 0 Å². The summed E-state index contributed by atoms with van der Waals surface area (Å²) in [5, 5.41) is 0.355. The van der Waals surface area contributed by atoms with Gasteiger partial charge in [0.05, 0.1) is 11.7 Å². The summed E-state index contributed by atoms with van der Waals surface area (Å²) < 4.78 is 6.25. The van der Waals surface area contributed by atoms with Crippen molar-refractivity contribution in [3.05, 3.63) is 0 Å². The summed E-state index contributed by atoms with van der Waals surface area (Å²) in [5.41, 5.74) is 0.304. The van der Waals surface area contributed by atoms with Gasteiger partial charge in [-0.1, -0.05) is 19.8 Å². The molecule has 2 heteroatoms. The molecule has 2 unspecified atom stereocenters. The molecule has 1 spiro atoms. The van der Waals surface area contributed by atoms with Gasteiger partial charge in [0.25, 0.3) is 0 Å². The number of hydrogen-bond acceptors (Lipinski definition) is 1. The highest BCUT2D eigenvalue weighted by atomic mass is 35.5. The van der Waals surface area contributed by atoms with E-state index in [4.69, 9.17) is 16.3 Å². The first-order chi connectivity index (χ1) is 7.24. The minimum atomic E-state index is 0.304. The maximum atomic E-state index is 6.25. The Hall–Kier alpha value is 0.250. The monoisotopic (exact) mass is 230 g/mol. The van der Waals surface area contributed by atoms with E-state index in [0.29, 0.717) is 17.1 Å². The molecule has 1 saturated heterocycles. The topological polar surface area (TPSA) is 9.23 Å². The molecule has 15 heavy (non-hydrogen) atoms. The van der Waals surface area contributed by atoms with E-state index >= 15 is 0 Å². The Balaban J connectivity index is 1.73. The van der Waals surface area contributed by atoms with Crippen LogP contribution in [-0.2, 0) is 4.74 Å². The summed E-state index contributed by atoms with van der Waals surface area (Å²) in [6.45, 7) is 2.16. The molecule has 2 fully saturated rings. The lowest BCUT2D eigenvalue weighted by atomic mass is 9.98. The van der Waals surface area contributed by atoms with Crippen molar-refractivity contribution in [3.8, 4) is 0 Å². The van der Waals surface area contributed by atoms with Crippen LogP contribution < -0.4 is 0 Å². The molecule has 0 aromatic carbocycles. The van der Waals surface area contributed by atoms with E-state index in [1.54, 1.807) is 0 Å². The second-order valence-electron chi connectivity index (χ2n) is 5.25. The third kappa shape index (κ3) is 2.88. The van der Waals surface area contributed by atoms with Crippen molar-refractivity contribution >= 4 is 11.6 Å². The molecular weight excluding hydrogens is 208 g/mol. The molecule has 0 amide bonds. The van der Waals surface area contributed by atoms with Crippen LogP contribution in [0, 0.1) is 0 Å². The summed E-state index contributed by atoms with van der Waals surface area (Å²) >= 11 is 6.14. The molecule has 1 nitrogen and oxygen atoms in total. The van der Waals surface area contributed by atoms with Crippen molar-refractivity contribution < 1.29 is 4.74 Å². The molecule has 2 aliphatic rings. The molecule has 2 atom stereocenters. The van der Waals surface area contributed by atoms with Gasteiger partial charge in [-0.25, -0.2) is 0 Å². The van der Waals surface area contributed by atoms with E-state index in [-0.39, 0.29) is 0 Å². The fourth-order valence-corrected chi connectivity index (χ4v) is 3.18. The van der Waals surface area contributed by atoms with Gasteiger partial charge < -0.3 is 4.74 Å². The molecule has 0 aromatic heterocycles. The van der Waals surface area contributed by atoms with Crippen molar-refractivity contribution in [2.45, 2.75) is 81.8 Å². The number of ether oxygens (including phenoxy) is 1. The third-order valence-electron chi connectivity index (χ3n) is 4.10. The lowest BCUT2D eigenvalue weighted by molar-refractivity contribution is -0.0394. The first kappa shape index (κ1) is 11.7. The van der Waals surface area contributed by atoms with Crippen LogP contribution in [-0.4, -0.2) is 17.1 Å². The summed E-state index contributed by atoms with van der Waals surface area (Å²) in [7, 11) is 0. The van der Waals surface area contributed by atoms with Gasteiger partial charge in [-0.2, -0.15) is 0 Å². The van der Waals surface area contributed by atoms with Crippen LogP contribution in [0.5, 0.6) is 0 Å². The Morgan fingerprint density at radius 2 is 2.07 bits per heavy atom. The third-order valence-corrected chi connectivity index (χ3v) is 4.63. The Bertz CT molecular complexity index is 199. The predicted octanol–water partition coefficient (Wildman–Crippen LogP) is 4.28. The second-order valence-corrected chi connectivity index (χ2v) is 5.87. The molecule has 2 rings (SSSR count). The van der Waals surface area contributed by atoms with Gasteiger partial charge in [0.2, 0.25) is 0 Å². The summed E-state index contributed by atoms with van der Waals surface area (Å²) in [5.74, 6) is 0. The molecule has 1 saturated carbocycles. The standard InChI is InChI=1S/C13H23ClO/c1-2-11(14)5-6-12-7-10-13(15-12)8-3-4-9-13/h11-12H,2-10H2,1H3. The predicted molar refractivity (Wildman–Crippen MR) is 64.5 cm³/mol. The Morgan fingerprint density at radius 1 is 1.33 bits per heavy atom. The van der Waals surface area contributed by atoms with E-state index in [2.05, 4.69) is 6.92 Å². The van der Waals surface area contributed by atoms with E-state index < -0.39 is 0 Å². The second kappa shape index (κ2) is 5.05. The minimum absolute atomic E-state index is 0.304. The van der Waals surface area contributed by atoms with Crippen molar-refractivity contribution in [3.63, 3.8) is 0 Å². The van der Waals surface area contributed by atoms with E-state index in [1.165, 1.54) is 44.9 Å². The highest BCUT2D eigenvalue weighted by Gasteiger charge is 2.41. The van der Waals surface area contributed by atoms with Gasteiger partial charge in [-0.05, 0) is 44.9 Å². The molecule has 0 N–H and O–H groups in total. The summed E-state index contributed by atoms with van der Waals surface area (Å²) in [4.78, 5) is 0. The van der Waals surface area contributed by atoms with Gasteiger partial charge in [-0.15, -0.1) is 11.6 Å². The zero-order valence-electron chi connectivity index (χ0n) is 9.80. The maximum Gasteiger partial charge on any atom is 0.0687 e. The Morgan fingerprint density at radius 3 is 2.73 bits per heavy atom. The average Bonchev–Trinajstić information content (AvgIpc) is 2.86. The van der Waals surface area contributed by atoms with Gasteiger partial charge in [0.1, 0.15) is 0 Å². The van der Waals surface area contributed by atoms with Crippen LogP contribution in [0.15, 0.2) is 0 Å². The molecule has 0 radical (unpaired) electrons. The molecule has 88 valence electrons. The van der Waals surface area contributed by atoms with E-state index in [1.807, 2.05) is 0 Å². The average molecular weight is 231 g/mol. The smallest absolute Gasteiger partial charge is 0.0687 e. The summed E-state index contributed by atoms with van der Waals surface area (Å²) in [6, 6.07) is 0. The zero-order valence-corrected chi connectivity index (χ0v) is 10.6. The minimum Gasteiger partial charge on any atom is -0.372 e. The van der Waals surface area contributed by atoms with Crippen molar-refractivity contribution in [2.24, 2.45) is 0 Å². The Kier molecular flexibility index (Phi) is 3.95. The SMILES string of the molecule is CCC(Cl)CCC1CCC2(CCCC2)O1. The normalized spacial score (nSPS) is 31.2. The van der Waals surface area contributed by atoms with Crippen LogP contribution in [0.4, 0.5) is 0 Å². The highest BCUT2D eigenvalue weighted by Crippen LogP contribution is 2.44. The summed E-state index contributed by atoms with van der Waals surface area (Å²) in [6.07, 6.45) is 11.8. The molecular formula is C13H23ClO. The molecule has 1 aliphatic carbocycles. The molecule has 0 bridgehead atoms. The maximum absolute atomic E-state index is 6.25. The lowest BCUT2D eigenvalue weighted by Gasteiger charge is -2.24. The number of hydrogen-bond donors (Lipinski definition) is 0. The fraction of sp³-hybridized carbons (Fsp3) is 1.00. The number of rotatable bonds is 4. The van der Waals surface area contributed by atoms with Crippen LogP contribution in [0.25, 0.3) is 0 Å².